The summed E-state index contributed by atoms with van der Waals surface area (Å²) in [6.07, 6.45) is 0.346. The van der Waals surface area contributed by atoms with Crippen LogP contribution in [0.2, 0.25) is 10.0 Å². The van der Waals surface area contributed by atoms with Crippen LogP contribution in [0.5, 0.6) is 5.75 Å². The van der Waals surface area contributed by atoms with Crippen molar-refractivity contribution in [3.8, 4) is 5.75 Å². The van der Waals surface area contributed by atoms with E-state index in [-0.39, 0.29) is 31.0 Å². The minimum Gasteiger partial charge on any atom is -0.483 e. The molecule has 0 saturated carbocycles. The van der Waals surface area contributed by atoms with Crippen LogP contribution in [0, 0.1) is 20.8 Å². The van der Waals surface area contributed by atoms with Gasteiger partial charge in [-0.2, -0.15) is 0 Å². The maximum Gasteiger partial charge on any atom is 0.261 e. The van der Waals surface area contributed by atoms with Crippen molar-refractivity contribution in [3.63, 3.8) is 0 Å². The summed E-state index contributed by atoms with van der Waals surface area (Å²) in [5.74, 6) is 0.103. The van der Waals surface area contributed by atoms with Crippen molar-refractivity contribution in [2.24, 2.45) is 0 Å². The second-order valence-electron chi connectivity index (χ2n) is 9.62. The van der Waals surface area contributed by atoms with E-state index in [9.17, 15) is 9.59 Å². The predicted molar refractivity (Wildman–Crippen MR) is 150 cm³/mol. The van der Waals surface area contributed by atoms with Crippen LogP contribution in [0.4, 0.5) is 0 Å². The number of hydrogen-bond donors (Lipinski definition) is 1. The van der Waals surface area contributed by atoms with Crippen LogP contribution in [0.15, 0.2) is 60.7 Å². The number of rotatable bonds is 10. The third-order valence-corrected chi connectivity index (χ3v) is 6.76. The molecule has 5 nitrogen and oxygen atoms in total. The standard InChI is InChI=1S/C30H34Cl2N2O3/c1-19(2)33-30(36)27(15-23-9-7-6-8-10-23)34(17-24-11-12-25(31)16-26(24)32)29(35)18-37-28-14-20(3)13-21(4)22(28)5/h6-14,16,19,27H,15,17-18H2,1-5H3,(H,33,36)/t27-/m1/s1. The highest BCUT2D eigenvalue weighted by Crippen LogP contribution is 2.26. The second-order valence-corrected chi connectivity index (χ2v) is 10.5. The van der Waals surface area contributed by atoms with E-state index in [1.165, 1.54) is 0 Å². The number of halogens is 2. The number of hydrogen-bond acceptors (Lipinski definition) is 3. The summed E-state index contributed by atoms with van der Waals surface area (Å²) in [7, 11) is 0. The van der Waals surface area contributed by atoms with E-state index in [2.05, 4.69) is 11.4 Å². The van der Waals surface area contributed by atoms with Crippen molar-refractivity contribution in [2.75, 3.05) is 6.61 Å². The molecule has 0 radical (unpaired) electrons. The van der Waals surface area contributed by atoms with Gasteiger partial charge in [0.1, 0.15) is 11.8 Å². The lowest BCUT2D eigenvalue weighted by atomic mass is 10.0. The van der Waals surface area contributed by atoms with Crippen LogP contribution in [0.3, 0.4) is 0 Å². The molecular weight excluding hydrogens is 507 g/mol. The first-order valence-electron chi connectivity index (χ1n) is 12.3. The minimum absolute atomic E-state index is 0.0870. The van der Waals surface area contributed by atoms with Gasteiger partial charge in [0, 0.05) is 29.1 Å². The van der Waals surface area contributed by atoms with Gasteiger partial charge >= 0.3 is 0 Å². The van der Waals surface area contributed by atoms with Gasteiger partial charge < -0.3 is 15.0 Å². The molecule has 0 aromatic heterocycles. The van der Waals surface area contributed by atoms with Crippen molar-refractivity contribution in [1.29, 1.82) is 0 Å². The van der Waals surface area contributed by atoms with Gasteiger partial charge in [0.05, 0.1) is 0 Å². The van der Waals surface area contributed by atoms with Gasteiger partial charge in [-0.15, -0.1) is 0 Å². The number of nitrogens with one attached hydrogen (secondary N) is 1. The number of nitrogens with zero attached hydrogens (tertiary/aromatic N) is 1. The van der Waals surface area contributed by atoms with Crippen molar-refractivity contribution >= 4 is 35.0 Å². The zero-order valence-electron chi connectivity index (χ0n) is 22.0. The van der Waals surface area contributed by atoms with Crippen LogP contribution in [-0.2, 0) is 22.6 Å². The first-order valence-corrected chi connectivity index (χ1v) is 13.1. The summed E-state index contributed by atoms with van der Waals surface area (Å²) >= 11 is 12.6. The van der Waals surface area contributed by atoms with Gasteiger partial charge in [-0.25, -0.2) is 0 Å². The Bertz CT molecular complexity index is 1250. The van der Waals surface area contributed by atoms with E-state index in [0.717, 1.165) is 22.3 Å². The number of carbonyl (C=O) groups is 2. The average Bonchev–Trinajstić information content (AvgIpc) is 2.83. The first kappa shape index (κ1) is 28.5. The maximum atomic E-state index is 13.8. The first-order chi connectivity index (χ1) is 17.5. The summed E-state index contributed by atoms with van der Waals surface area (Å²) in [5.41, 5.74) is 4.75. The maximum absolute atomic E-state index is 13.8. The summed E-state index contributed by atoms with van der Waals surface area (Å²) < 4.78 is 6.01. The molecule has 3 rings (SSSR count). The fourth-order valence-corrected chi connectivity index (χ4v) is 4.61. The lowest BCUT2D eigenvalue weighted by molar-refractivity contribution is -0.143. The molecule has 2 amide bonds. The monoisotopic (exact) mass is 540 g/mol. The summed E-state index contributed by atoms with van der Waals surface area (Å²) in [4.78, 5) is 28.8. The highest BCUT2D eigenvalue weighted by Gasteiger charge is 2.31. The molecule has 1 atom stereocenters. The van der Waals surface area contributed by atoms with Crippen molar-refractivity contribution in [2.45, 2.75) is 59.7 Å². The Labute approximate surface area is 229 Å². The number of amides is 2. The third kappa shape index (κ3) is 7.98. The lowest BCUT2D eigenvalue weighted by Crippen LogP contribution is -2.52. The van der Waals surface area contributed by atoms with E-state index in [4.69, 9.17) is 27.9 Å². The number of ether oxygens (including phenoxy) is 1. The highest BCUT2D eigenvalue weighted by molar-refractivity contribution is 6.35. The topological polar surface area (TPSA) is 58.6 Å². The Hall–Kier alpha value is -3.02. The molecule has 0 aliphatic carbocycles. The summed E-state index contributed by atoms with van der Waals surface area (Å²) in [6.45, 7) is 9.67. The Morgan fingerprint density at radius 3 is 2.32 bits per heavy atom. The van der Waals surface area contributed by atoms with Gasteiger partial charge in [0.2, 0.25) is 5.91 Å². The summed E-state index contributed by atoms with van der Waals surface area (Å²) in [6, 6.07) is 17.9. The van der Waals surface area contributed by atoms with Gasteiger partial charge in [-0.05, 0) is 80.6 Å². The average molecular weight is 542 g/mol. The fourth-order valence-electron chi connectivity index (χ4n) is 4.14. The van der Waals surface area contributed by atoms with Crippen molar-refractivity contribution in [1.82, 2.24) is 10.2 Å². The van der Waals surface area contributed by atoms with Crippen LogP contribution in [-0.4, -0.2) is 35.4 Å². The molecule has 196 valence electrons. The molecule has 0 saturated heterocycles. The van der Waals surface area contributed by atoms with E-state index in [1.807, 2.05) is 71.0 Å². The quantitative estimate of drug-likeness (QED) is 0.321. The lowest BCUT2D eigenvalue weighted by Gasteiger charge is -2.32. The van der Waals surface area contributed by atoms with Crippen LogP contribution in [0.25, 0.3) is 0 Å². The molecule has 7 heteroatoms. The molecule has 37 heavy (non-hydrogen) atoms. The zero-order valence-corrected chi connectivity index (χ0v) is 23.5. The largest absolute Gasteiger partial charge is 0.483 e. The van der Waals surface area contributed by atoms with Crippen LogP contribution >= 0.6 is 23.2 Å². The Balaban J connectivity index is 1.97. The fraction of sp³-hybridized carbons (Fsp3) is 0.333. The molecule has 0 spiro atoms. The highest BCUT2D eigenvalue weighted by atomic mass is 35.5. The molecule has 0 aliphatic heterocycles. The molecule has 3 aromatic rings. The molecule has 0 bridgehead atoms. The molecule has 0 fully saturated rings. The Kier molecular flexibility index (Phi) is 10.0. The van der Waals surface area contributed by atoms with E-state index in [1.54, 1.807) is 23.1 Å². The SMILES string of the molecule is Cc1cc(C)c(C)c(OCC(=O)N(Cc2ccc(Cl)cc2Cl)[C@H](Cc2ccccc2)C(=O)NC(C)C)c1. The normalized spacial score (nSPS) is 11.8. The Morgan fingerprint density at radius 2 is 1.68 bits per heavy atom. The third-order valence-electron chi connectivity index (χ3n) is 6.17. The van der Waals surface area contributed by atoms with Crippen LogP contribution in [0.1, 0.15) is 41.7 Å². The summed E-state index contributed by atoms with van der Waals surface area (Å²) in [5, 5.41) is 3.91. The molecule has 1 N–H and O–H groups in total. The van der Waals surface area contributed by atoms with Gasteiger partial charge in [-0.3, -0.25) is 9.59 Å². The van der Waals surface area contributed by atoms with Gasteiger partial charge in [0.25, 0.3) is 5.91 Å². The molecule has 0 heterocycles. The Morgan fingerprint density at radius 1 is 0.973 bits per heavy atom. The van der Waals surface area contributed by atoms with Crippen molar-refractivity contribution < 1.29 is 14.3 Å². The molecular formula is C30H34Cl2N2O3. The van der Waals surface area contributed by atoms with E-state index < -0.39 is 6.04 Å². The zero-order chi connectivity index (χ0) is 27.1. The minimum atomic E-state index is -0.770. The molecule has 3 aromatic carbocycles. The van der Waals surface area contributed by atoms with Gasteiger partial charge in [-0.1, -0.05) is 65.7 Å². The predicted octanol–water partition coefficient (Wildman–Crippen LogP) is 6.46. The smallest absolute Gasteiger partial charge is 0.261 e. The van der Waals surface area contributed by atoms with Crippen LogP contribution < -0.4 is 10.1 Å². The van der Waals surface area contributed by atoms with Crippen molar-refractivity contribution in [3.05, 3.63) is 98.5 Å². The molecule has 0 unspecified atom stereocenters. The number of benzene rings is 3. The molecule has 0 aliphatic rings. The number of aryl methyl sites for hydroxylation is 2. The van der Waals surface area contributed by atoms with E-state index >= 15 is 0 Å². The number of carbonyl (C=O) groups excluding carboxylic acids is 2. The van der Waals surface area contributed by atoms with E-state index in [0.29, 0.717) is 27.8 Å². The second kappa shape index (κ2) is 13.0. The van der Waals surface area contributed by atoms with Gasteiger partial charge in [0.15, 0.2) is 6.61 Å².